The maximum atomic E-state index is 13.0. The lowest BCUT2D eigenvalue weighted by Gasteiger charge is -2.51. The van der Waals surface area contributed by atoms with E-state index < -0.39 is 11.6 Å². The smallest absolute Gasteiger partial charge is 0.246 e. The van der Waals surface area contributed by atoms with Crippen LogP contribution in [0.3, 0.4) is 0 Å². The molecule has 0 radical (unpaired) electrons. The second kappa shape index (κ2) is 5.82. The quantitative estimate of drug-likeness (QED) is 0.795. The van der Waals surface area contributed by atoms with Crippen LogP contribution in [0.2, 0.25) is 0 Å². The molecular weight excluding hydrogens is 264 g/mol. The summed E-state index contributed by atoms with van der Waals surface area (Å²) in [7, 11) is 0. The molecule has 21 heavy (non-hydrogen) atoms. The fraction of sp³-hybridized carbons (Fsp3) is 0.765. The third kappa shape index (κ3) is 2.85. The Bertz CT molecular complexity index is 442. The van der Waals surface area contributed by atoms with Gasteiger partial charge in [-0.2, -0.15) is 0 Å². The van der Waals surface area contributed by atoms with Crippen LogP contribution in [0, 0.1) is 5.41 Å². The van der Waals surface area contributed by atoms with Gasteiger partial charge in [0.2, 0.25) is 11.8 Å². The number of amides is 2. The van der Waals surface area contributed by atoms with Crippen molar-refractivity contribution in [2.45, 2.75) is 71.4 Å². The highest BCUT2D eigenvalue weighted by Crippen LogP contribution is 2.38. The zero-order valence-corrected chi connectivity index (χ0v) is 13.7. The fourth-order valence-electron chi connectivity index (χ4n) is 3.51. The summed E-state index contributed by atoms with van der Waals surface area (Å²) >= 11 is 0. The number of piperazine rings is 1. The standard InChI is InChI=1S/C17H28N2O2/c1-5-6-12-19-14(20)13(16(2,3)4)18-15(21)17(19)10-8-7-9-11-17/h5-6,13H,7-12H2,1-4H3,(H,18,21)/b6-5+. The van der Waals surface area contributed by atoms with Gasteiger partial charge in [0.25, 0.3) is 0 Å². The van der Waals surface area contributed by atoms with E-state index in [4.69, 9.17) is 0 Å². The van der Waals surface area contributed by atoms with Crippen molar-refractivity contribution in [2.24, 2.45) is 5.41 Å². The lowest BCUT2D eigenvalue weighted by atomic mass is 9.74. The first-order valence-corrected chi connectivity index (χ1v) is 8.06. The first kappa shape index (κ1) is 16.1. The maximum absolute atomic E-state index is 13.0. The van der Waals surface area contributed by atoms with E-state index in [1.807, 2.05) is 44.7 Å². The molecule has 1 aliphatic heterocycles. The van der Waals surface area contributed by atoms with Crippen LogP contribution in [0.1, 0.15) is 59.8 Å². The molecule has 1 atom stereocenters. The van der Waals surface area contributed by atoms with E-state index in [1.54, 1.807) is 0 Å². The molecule has 4 heteroatoms. The van der Waals surface area contributed by atoms with Crippen LogP contribution in [0.4, 0.5) is 0 Å². The number of hydrogen-bond donors (Lipinski definition) is 1. The van der Waals surface area contributed by atoms with E-state index in [2.05, 4.69) is 5.32 Å². The molecule has 1 unspecified atom stereocenters. The fourth-order valence-corrected chi connectivity index (χ4v) is 3.51. The van der Waals surface area contributed by atoms with Gasteiger partial charge in [-0.05, 0) is 25.2 Å². The summed E-state index contributed by atoms with van der Waals surface area (Å²) in [5, 5.41) is 3.02. The molecule has 118 valence electrons. The largest absolute Gasteiger partial charge is 0.342 e. The molecular formula is C17H28N2O2. The highest BCUT2D eigenvalue weighted by molar-refractivity contribution is 6.00. The molecule has 2 fully saturated rings. The molecule has 1 spiro atoms. The molecule has 1 aliphatic carbocycles. The van der Waals surface area contributed by atoms with Crippen LogP contribution in [0.25, 0.3) is 0 Å². The number of carbonyl (C=O) groups excluding carboxylic acids is 2. The van der Waals surface area contributed by atoms with E-state index in [1.165, 1.54) is 0 Å². The Morgan fingerprint density at radius 1 is 1.24 bits per heavy atom. The minimum atomic E-state index is -0.614. The van der Waals surface area contributed by atoms with Gasteiger partial charge in [0.1, 0.15) is 11.6 Å². The summed E-state index contributed by atoms with van der Waals surface area (Å²) in [5.74, 6) is 0.119. The summed E-state index contributed by atoms with van der Waals surface area (Å²) in [5.41, 5.74) is -0.881. The average Bonchev–Trinajstić information content (AvgIpc) is 2.43. The van der Waals surface area contributed by atoms with Crippen LogP contribution < -0.4 is 5.32 Å². The zero-order valence-electron chi connectivity index (χ0n) is 13.7. The molecule has 4 nitrogen and oxygen atoms in total. The predicted molar refractivity (Wildman–Crippen MR) is 83.7 cm³/mol. The number of nitrogens with zero attached hydrogens (tertiary/aromatic N) is 1. The summed E-state index contributed by atoms with van der Waals surface area (Å²) in [4.78, 5) is 27.6. The van der Waals surface area contributed by atoms with Crippen molar-refractivity contribution in [3.8, 4) is 0 Å². The van der Waals surface area contributed by atoms with Crippen molar-refractivity contribution in [3.63, 3.8) is 0 Å². The number of nitrogens with one attached hydrogen (secondary N) is 1. The highest BCUT2D eigenvalue weighted by atomic mass is 16.2. The molecule has 2 aliphatic rings. The number of hydrogen-bond acceptors (Lipinski definition) is 2. The Hall–Kier alpha value is -1.32. The maximum Gasteiger partial charge on any atom is 0.246 e. The molecule has 0 bridgehead atoms. The Morgan fingerprint density at radius 3 is 2.38 bits per heavy atom. The molecule has 0 aromatic rings. The first-order chi connectivity index (χ1) is 9.83. The van der Waals surface area contributed by atoms with Crippen LogP contribution in [0.15, 0.2) is 12.2 Å². The van der Waals surface area contributed by atoms with E-state index in [9.17, 15) is 9.59 Å². The molecule has 0 aromatic heterocycles. The topological polar surface area (TPSA) is 49.4 Å². The van der Waals surface area contributed by atoms with Crippen molar-refractivity contribution < 1.29 is 9.59 Å². The molecule has 1 saturated carbocycles. The van der Waals surface area contributed by atoms with Gasteiger partial charge in [-0.25, -0.2) is 0 Å². The third-order valence-electron chi connectivity index (χ3n) is 4.80. The minimum absolute atomic E-state index is 0.0474. The Labute approximate surface area is 128 Å². The summed E-state index contributed by atoms with van der Waals surface area (Å²) in [6.07, 6.45) is 8.71. The Morgan fingerprint density at radius 2 is 1.86 bits per heavy atom. The van der Waals surface area contributed by atoms with Gasteiger partial charge in [-0.1, -0.05) is 52.2 Å². The van der Waals surface area contributed by atoms with Gasteiger partial charge in [-0.3, -0.25) is 9.59 Å². The number of rotatable bonds is 2. The van der Waals surface area contributed by atoms with Gasteiger partial charge >= 0.3 is 0 Å². The van der Waals surface area contributed by atoms with Gasteiger partial charge in [0, 0.05) is 6.54 Å². The van der Waals surface area contributed by atoms with Crippen molar-refractivity contribution >= 4 is 11.8 Å². The molecule has 1 N–H and O–H groups in total. The number of carbonyl (C=O) groups is 2. The second-order valence-electron chi connectivity index (χ2n) is 7.38. The Kier molecular flexibility index (Phi) is 4.45. The molecule has 0 aromatic carbocycles. The SMILES string of the molecule is C/C=C/CN1C(=O)C(C(C)(C)C)NC(=O)C12CCCCC2. The number of allylic oxidation sites excluding steroid dienone is 1. The molecule has 2 amide bonds. The zero-order chi connectivity index (χ0) is 15.7. The van der Waals surface area contributed by atoms with Crippen LogP contribution in [-0.2, 0) is 9.59 Å². The highest BCUT2D eigenvalue weighted by Gasteiger charge is 2.54. The molecule has 1 heterocycles. The summed E-state index contributed by atoms with van der Waals surface area (Å²) < 4.78 is 0. The van der Waals surface area contributed by atoms with Crippen LogP contribution in [0.5, 0.6) is 0 Å². The summed E-state index contributed by atoms with van der Waals surface area (Å²) in [6, 6.07) is -0.428. The van der Waals surface area contributed by atoms with Crippen molar-refractivity contribution in [1.29, 1.82) is 0 Å². The normalized spacial score (nSPS) is 26.5. The predicted octanol–water partition coefficient (Wildman–Crippen LogP) is 2.64. The van der Waals surface area contributed by atoms with Gasteiger partial charge in [0.15, 0.2) is 0 Å². The van der Waals surface area contributed by atoms with Gasteiger partial charge in [-0.15, -0.1) is 0 Å². The Balaban J connectivity index is 2.37. The van der Waals surface area contributed by atoms with Crippen molar-refractivity contribution in [3.05, 3.63) is 12.2 Å². The molecule has 2 rings (SSSR count). The third-order valence-corrected chi connectivity index (χ3v) is 4.80. The first-order valence-electron chi connectivity index (χ1n) is 8.06. The lowest BCUT2D eigenvalue weighted by Crippen LogP contribution is -2.73. The van der Waals surface area contributed by atoms with E-state index in [0.717, 1.165) is 32.1 Å². The monoisotopic (exact) mass is 292 g/mol. The minimum Gasteiger partial charge on any atom is -0.342 e. The van der Waals surface area contributed by atoms with Crippen molar-refractivity contribution in [2.75, 3.05) is 6.54 Å². The van der Waals surface area contributed by atoms with E-state index in [-0.39, 0.29) is 17.2 Å². The van der Waals surface area contributed by atoms with E-state index >= 15 is 0 Å². The van der Waals surface area contributed by atoms with Crippen LogP contribution in [-0.4, -0.2) is 34.8 Å². The molecule has 1 saturated heterocycles. The lowest BCUT2D eigenvalue weighted by molar-refractivity contribution is -0.162. The van der Waals surface area contributed by atoms with Gasteiger partial charge < -0.3 is 10.2 Å². The average molecular weight is 292 g/mol. The van der Waals surface area contributed by atoms with Crippen LogP contribution >= 0.6 is 0 Å². The summed E-state index contributed by atoms with van der Waals surface area (Å²) in [6.45, 7) is 8.49. The van der Waals surface area contributed by atoms with Crippen molar-refractivity contribution in [1.82, 2.24) is 10.2 Å². The van der Waals surface area contributed by atoms with Gasteiger partial charge in [0.05, 0.1) is 0 Å². The van der Waals surface area contributed by atoms with E-state index in [0.29, 0.717) is 6.54 Å². The second-order valence-corrected chi connectivity index (χ2v) is 7.38.